The van der Waals surface area contributed by atoms with Crippen LogP contribution in [-0.2, 0) is 11.2 Å². The van der Waals surface area contributed by atoms with E-state index in [0.29, 0.717) is 11.3 Å². The van der Waals surface area contributed by atoms with Gasteiger partial charge >= 0.3 is 0 Å². The Balaban J connectivity index is 1.20. The molecule has 2 N–H and O–H groups in total. The molecule has 1 aliphatic heterocycles. The summed E-state index contributed by atoms with van der Waals surface area (Å²) < 4.78 is 19.3. The Morgan fingerprint density at radius 3 is 2.67 bits per heavy atom. The summed E-state index contributed by atoms with van der Waals surface area (Å²) in [6.45, 7) is 0. The highest BCUT2D eigenvalue weighted by molar-refractivity contribution is 7.99. The zero-order valence-electron chi connectivity index (χ0n) is 17.6. The largest absolute Gasteiger partial charge is 0.451 e. The molecule has 0 saturated carbocycles. The predicted octanol–water partition coefficient (Wildman–Crippen LogP) is 5.72. The summed E-state index contributed by atoms with van der Waals surface area (Å²) in [7, 11) is 0. The van der Waals surface area contributed by atoms with Gasteiger partial charge < -0.3 is 15.1 Å². The van der Waals surface area contributed by atoms with Gasteiger partial charge in [-0.2, -0.15) is 0 Å². The first-order valence-electron chi connectivity index (χ1n) is 10.7. The molecule has 5 nitrogen and oxygen atoms in total. The first kappa shape index (κ1) is 21.3. The third kappa shape index (κ3) is 4.78. The van der Waals surface area contributed by atoms with Crippen LogP contribution in [0.15, 0.2) is 82.1 Å². The smallest absolute Gasteiger partial charge is 0.291 e. The molecule has 5 rings (SSSR count). The van der Waals surface area contributed by atoms with Crippen LogP contribution >= 0.6 is 11.8 Å². The Kier molecular flexibility index (Phi) is 5.88. The van der Waals surface area contributed by atoms with E-state index in [0.717, 1.165) is 33.6 Å². The lowest BCUT2D eigenvalue weighted by molar-refractivity contribution is -0.121. The van der Waals surface area contributed by atoms with Crippen molar-refractivity contribution in [3.63, 3.8) is 0 Å². The number of para-hydroxylation sites is 1. The minimum Gasteiger partial charge on any atom is -0.451 e. The molecule has 1 aromatic heterocycles. The second-order valence-electron chi connectivity index (χ2n) is 7.92. The van der Waals surface area contributed by atoms with Crippen LogP contribution in [0, 0.1) is 5.82 Å². The SMILES string of the molecule is O=C(Cc1ccc(NC(=O)c2cc3ccccc3o2)cc1)NC1CCSc2ccc(F)cc21. The van der Waals surface area contributed by atoms with Crippen molar-refractivity contribution in [2.75, 3.05) is 11.1 Å². The molecule has 4 aromatic rings. The van der Waals surface area contributed by atoms with Crippen molar-refractivity contribution in [2.24, 2.45) is 0 Å². The number of halogens is 1. The number of amides is 2. The third-order valence-corrected chi connectivity index (χ3v) is 6.69. The van der Waals surface area contributed by atoms with Crippen molar-refractivity contribution in [2.45, 2.75) is 23.8 Å². The van der Waals surface area contributed by atoms with Gasteiger partial charge in [-0.1, -0.05) is 30.3 Å². The van der Waals surface area contributed by atoms with Gasteiger partial charge in [0.2, 0.25) is 5.91 Å². The molecule has 1 atom stereocenters. The summed E-state index contributed by atoms with van der Waals surface area (Å²) in [5.74, 6) is 0.361. The predicted molar refractivity (Wildman–Crippen MR) is 127 cm³/mol. The molecule has 0 aliphatic carbocycles. The number of hydrogen-bond acceptors (Lipinski definition) is 4. The van der Waals surface area contributed by atoms with Gasteiger partial charge in [0.1, 0.15) is 11.4 Å². The highest BCUT2D eigenvalue weighted by atomic mass is 32.2. The number of carbonyl (C=O) groups excluding carboxylic acids is 2. The molecule has 2 heterocycles. The number of thioether (sulfide) groups is 1. The number of rotatable bonds is 5. The van der Waals surface area contributed by atoms with Crippen molar-refractivity contribution in [1.29, 1.82) is 0 Å². The van der Waals surface area contributed by atoms with Gasteiger partial charge in [0.25, 0.3) is 5.91 Å². The Bertz CT molecular complexity index is 1300. The standard InChI is InChI=1S/C26H21FN2O3S/c27-18-7-10-24-20(15-18)21(11-12-33-24)29-25(30)13-16-5-8-19(9-6-16)28-26(31)23-14-17-3-1-2-4-22(17)32-23/h1-10,14-15,21H,11-13H2,(H,28,31)(H,29,30). The van der Waals surface area contributed by atoms with Crippen LogP contribution in [0.5, 0.6) is 0 Å². The Hall–Kier alpha value is -3.58. The molecule has 0 bridgehead atoms. The van der Waals surface area contributed by atoms with Crippen LogP contribution in [0.2, 0.25) is 0 Å². The molecule has 2 amide bonds. The molecular weight excluding hydrogens is 439 g/mol. The summed E-state index contributed by atoms with van der Waals surface area (Å²) in [6, 6.07) is 20.8. The van der Waals surface area contributed by atoms with E-state index in [1.165, 1.54) is 12.1 Å². The van der Waals surface area contributed by atoms with E-state index in [2.05, 4.69) is 10.6 Å². The number of hydrogen-bond donors (Lipinski definition) is 2. The van der Waals surface area contributed by atoms with Crippen molar-refractivity contribution in [3.05, 3.63) is 95.5 Å². The first-order valence-corrected chi connectivity index (χ1v) is 11.6. The van der Waals surface area contributed by atoms with E-state index >= 15 is 0 Å². The van der Waals surface area contributed by atoms with E-state index in [9.17, 15) is 14.0 Å². The second kappa shape index (κ2) is 9.11. The Morgan fingerprint density at radius 2 is 1.85 bits per heavy atom. The molecule has 7 heteroatoms. The normalized spacial score (nSPS) is 15.1. The summed E-state index contributed by atoms with van der Waals surface area (Å²) in [5.41, 5.74) is 2.92. The molecule has 3 aromatic carbocycles. The average Bonchev–Trinajstić information content (AvgIpc) is 3.25. The summed E-state index contributed by atoms with van der Waals surface area (Å²) in [6.07, 6.45) is 0.964. The minimum atomic E-state index is -0.335. The van der Waals surface area contributed by atoms with Gasteiger partial charge in [0.15, 0.2) is 5.76 Å². The van der Waals surface area contributed by atoms with Gasteiger partial charge in [0.05, 0.1) is 12.5 Å². The number of anilines is 1. The van der Waals surface area contributed by atoms with Gasteiger partial charge in [-0.15, -0.1) is 11.8 Å². The zero-order chi connectivity index (χ0) is 22.8. The van der Waals surface area contributed by atoms with Crippen molar-refractivity contribution >= 4 is 40.2 Å². The van der Waals surface area contributed by atoms with Gasteiger partial charge in [-0.25, -0.2) is 4.39 Å². The number of furan rings is 1. The van der Waals surface area contributed by atoms with Gasteiger partial charge in [0, 0.05) is 21.7 Å². The van der Waals surface area contributed by atoms with Gasteiger partial charge in [-0.05, 0) is 60.0 Å². The molecule has 0 saturated heterocycles. The topological polar surface area (TPSA) is 71.3 Å². The van der Waals surface area contributed by atoms with Crippen molar-refractivity contribution < 1.29 is 18.4 Å². The second-order valence-corrected chi connectivity index (χ2v) is 9.05. The zero-order valence-corrected chi connectivity index (χ0v) is 18.5. The van der Waals surface area contributed by atoms with E-state index in [-0.39, 0.29) is 35.9 Å². The Labute approximate surface area is 194 Å². The lowest BCUT2D eigenvalue weighted by atomic mass is 10.0. The average molecular weight is 461 g/mol. The molecular formula is C26H21FN2O3S. The van der Waals surface area contributed by atoms with Crippen LogP contribution in [0.4, 0.5) is 10.1 Å². The third-order valence-electron chi connectivity index (χ3n) is 5.57. The fourth-order valence-corrected chi connectivity index (χ4v) is 5.04. The molecule has 0 fully saturated rings. The van der Waals surface area contributed by atoms with Crippen LogP contribution in [0.25, 0.3) is 11.0 Å². The fraction of sp³-hybridized carbons (Fsp3) is 0.154. The fourth-order valence-electron chi connectivity index (χ4n) is 3.94. The molecule has 33 heavy (non-hydrogen) atoms. The minimum absolute atomic E-state index is 0.124. The lowest BCUT2D eigenvalue weighted by Gasteiger charge is -2.26. The van der Waals surface area contributed by atoms with E-state index in [4.69, 9.17) is 4.42 Å². The molecule has 1 unspecified atom stereocenters. The van der Waals surface area contributed by atoms with Crippen molar-refractivity contribution in [1.82, 2.24) is 5.32 Å². The lowest BCUT2D eigenvalue weighted by Crippen LogP contribution is -2.31. The Morgan fingerprint density at radius 1 is 1.03 bits per heavy atom. The maximum absolute atomic E-state index is 13.7. The van der Waals surface area contributed by atoms with Crippen LogP contribution in [0.3, 0.4) is 0 Å². The highest BCUT2D eigenvalue weighted by Crippen LogP contribution is 2.36. The number of carbonyl (C=O) groups is 2. The summed E-state index contributed by atoms with van der Waals surface area (Å²) in [5, 5.41) is 6.71. The number of benzene rings is 3. The van der Waals surface area contributed by atoms with Crippen LogP contribution in [-0.4, -0.2) is 17.6 Å². The van der Waals surface area contributed by atoms with Crippen LogP contribution < -0.4 is 10.6 Å². The molecule has 1 aliphatic rings. The molecule has 0 radical (unpaired) electrons. The maximum Gasteiger partial charge on any atom is 0.291 e. The maximum atomic E-state index is 13.7. The summed E-state index contributed by atoms with van der Waals surface area (Å²) in [4.78, 5) is 26.1. The van der Waals surface area contributed by atoms with Crippen LogP contribution in [0.1, 0.15) is 34.1 Å². The monoisotopic (exact) mass is 460 g/mol. The molecule has 166 valence electrons. The van der Waals surface area contributed by atoms with Crippen molar-refractivity contribution in [3.8, 4) is 0 Å². The van der Waals surface area contributed by atoms with E-state index < -0.39 is 0 Å². The highest BCUT2D eigenvalue weighted by Gasteiger charge is 2.23. The van der Waals surface area contributed by atoms with Gasteiger partial charge in [-0.3, -0.25) is 9.59 Å². The summed E-state index contributed by atoms with van der Waals surface area (Å²) >= 11 is 1.68. The number of fused-ring (bicyclic) bond motifs is 2. The van der Waals surface area contributed by atoms with E-state index in [1.807, 2.05) is 24.3 Å². The number of nitrogens with one attached hydrogen (secondary N) is 2. The molecule has 0 spiro atoms. The quantitative estimate of drug-likeness (QED) is 0.400. The first-order chi connectivity index (χ1) is 16.0. The van der Waals surface area contributed by atoms with E-state index in [1.54, 1.807) is 48.2 Å².